The Bertz CT molecular complexity index is 918. The number of aryl methyl sites for hydroxylation is 6. The van der Waals surface area contributed by atoms with Gasteiger partial charge in [0.15, 0.2) is 0 Å². The zero-order valence-corrected chi connectivity index (χ0v) is 16.1. The molecule has 0 fully saturated rings. The van der Waals surface area contributed by atoms with Gasteiger partial charge in [0.05, 0.1) is 0 Å². The number of benzene rings is 3. The van der Waals surface area contributed by atoms with Crippen molar-refractivity contribution in [2.45, 2.75) is 41.5 Å². The number of rotatable bonds is 2. The van der Waals surface area contributed by atoms with E-state index in [4.69, 9.17) is 7.85 Å². The fraction of sp³-hybridized carbons (Fsp3) is 0.250. The lowest BCUT2D eigenvalue weighted by Crippen LogP contribution is -2.10. The summed E-state index contributed by atoms with van der Waals surface area (Å²) in [5.41, 5.74) is 13.5. The molecule has 0 spiro atoms. The number of hydrogen-bond acceptors (Lipinski definition) is 0. The first kappa shape index (κ1) is 17.5. The minimum Gasteiger partial charge on any atom is -0.0883 e. The van der Waals surface area contributed by atoms with Gasteiger partial charge < -0.3 is 0 Å². The van der Waals surface area contributed by atoms with E-state index in [-0.39, 0.29) is 0 Å². The Balaban J connectivity index is 2.40. The molecule has 0 nitrogen and oxygen atoms in total. The van der Waals surface area contributed by atoms with Gasteiger partial charge in [-0.2, -0.15) is 0 Å². The maximum absolute atomic E-state index is 6.50. The average molecular weight is 324 g/mol. The normalized spacial score (nSPS) is 11.0. The zero-order chi connectivity index (χ0) is 18.3. The van der Waals surface area contributed by atoms with E-state index in [2.05, 4.69) is 77.9 Å². The lowest BCUT2D eigenvalue weighted by atomic mass is 9.78. The Kier molecular flexibility index (Phi) is 4.60. The minimum absolute atomic E-state index is 0.840. The van der Waals surface area contributed by atoms with Crippen LogP contribution in [0.25, 0.3) is 22.3 Å². The smallest absolute Gasteiger partial charge is 0.0883 e. The Morgan fingerprint density at radius 3 is 1.48 bits per heavy atom. The van der Waals surface area contributed by atoms with Crippen LogP contribution in [0.4, 0.5) is 0 Å². The van der Waals surface area contributed by atoms with E-state index in [0.29, 0.717) is 0 Å². The SMILES string of the molecule is [B]c1cccc(-c2c(C)cc(C)cc2C)c1-c1c(C)cc(C)cc1C. The van der Waals surface area contributed by atoms with E-state index in [1.807, 2.05) is 6.07 Å². The Labute approximate surface area is 153 Å². The second-order valence-corrected chi connectivity index (χ2v) is 7.32. The molecule has 2 radical (unpaired) electrons. The van der Waals surface area contributed by atoms with Crippen molar-refractivity contribution in [1.29, 1.82) is 0 Å². The fourth-order valence-electron chi connectivity index (χ4n) is 4.24. The van der Waals surface area contributed by atoms with Crippen LogP contribution in [0.15, 0.2) is 42.5 Å². The van der Waals surface area contributed by atoms with Gasteiger partial charge in [-0.3, -0.25) is 0 Å². The highest BCUT2D eigenvalue weighted by Crippen LogP contribution is 2.38. The van der Waals surface area contributed by atoms with Crippen LogP contribution in [-0.2, 0) is 0 Å². The summed E-state index contributed by atoms with van der Waals surface area (Å²) in [5, 5.41) is 0. The third kappa shape index (κ3) is 3.16. The summed E-state index contributed by atoms with van der Waals surface area (Å²) in [5.74, 6) is 0. The van der Waals surface area contributed by atoms with Gasteiger partial charge in [0, 0.05) is 0 Å². The van der Waals surface area contributed by atoms with E-state index in [9.17, 15) is 0 Å². The first-order valence-corrected chi connectivity index (χ1v) is 8.84. The molecule has 1 heteroatoms. The lowest BCUT2D eigenvalue weighted by molar-refractivity contribution is 1.31. The predicted octanol–water partition coefficient (Wildman–Crippen LogP) is 5.66. The Morgan fingerprint density at radius 1 is 0.560 bits per heavy atom. The van der Waals surface area contributed by atoms with Crippen LogP contribution in [0.3, 0.4) is 0 Å². The highest BCUT2D eigenvalue weighted by Gasteiger charge is 2.17. The quantitative estimate of drug-likeness (QED) is 0.533. The molecule has 0 heterocycles. The van der Waals surface area contributed by atoms with Crippen LogP contribution >= 0.6 is 0 Å². The van der Waals surface area contributed by atoms with Crippen LogP contribution in [0, 0.1) is 41.5 Å². The molecule has 0 bridgehead atoms. The van der Waals surface area contributed by atoms with Crippen LogP contribution in [0.5, 0.6) is 0 Å². The minimum atomic E-state index is 0.840. The van der Waals surface area contributed by atoms with E-state index in [1.54, 1.807) is 0 Å². The predicted molar refractivity (Wildman–Crippen MR) is 111 cm³/mol. The third-order valence-corrected chi connectivity index (χ3v) is 4.97. The summed E-state index contributed by atoms with van der Waals surface area (Å²) in [6, 6.07) is 15.3. The van der Waals surface area contributed by atoms with Crippen molar-refractivity contribution in [3.63, 3.8) is 0 Å². The average Bonchev–Trinajstić information content (AvgIpc) is 2.47. The molecule has 124 valence electrons. The molecule has 3 rings (SSSR count). The second kappa shape index (κ2) is 6.56. The monoisotopic (exact) mass is 324 g/mol. The van der Waals surface area contributed by atoms with Crippen molar-refractivity contribution in [3.05, 3.63) is 75.8 Å². The van der Waals surface area contributed by atoms with Gasteiger partial charge in [-0.25, -0.2) is 0 Å². The molecule has 0 aliphatic heterocycles. The standard InChI is InChI=1S/C24H25B/c1-14-10-16(3)22(17(4)11-14)20-8-7-9-21(25)24(20)23-18(5)12-15(2)13-19(23)6/h7-13H,1-6H3. The first-order valence-electron chi connectivity index (χ1n) is 8.84. The summed E-state index contributed by atoms with van der Waals surface area (Å²) < 4.78 is 0. The molecule has 0 aliphatic carbocycles. The number of hydrogen-bond donors (Lipinski definition) is 0. The van der Waals surface area contributed by atoms with E-state index in [1.165, 1.54) is 50.1 Å². The molecule has 0 atom stereocenters. The van der Waals surface area contributed by atoms with Crippen LogP contribution in [0.2, 0.25) is 0 Å². The second-order valence-electron chi connectivity index (χ2n) is 7.32. The highest BCUT2D eigenvalue weighted by atomic mass is 14.2. The molecule has 3 aromatic carbocycles. The van der Waals surface area contributed by atoms with Crippen molar-refractivity contribution < 1.29 is 0 Å². The molecule has 0 saturated carbocycles. The van der Waals surface area contributed by atoms with Gasteiger partial charge >= 0.3 is 0 Å². The fourth-order valence-corrected chi connectivity index (χ4v) is 4.24. The topological polar surface area (TPSA) is 0 Å². The largest absolute Gasteiger partial charge is 0.114 e. The summed E-state index contributed by atoms with van der Waals surface area (Å²) >= 11 is 0. The molecule has 0 unspecified atom stereocenters. The zero-order valence-electron chi connectivity index (χ0n) is 16.1. The van der Waals surface area contributed by atoms with Crippen molar-refractivity contribution in [1.82, 2.24) is 0 Å². The Hall–Kier alpha value is -2.28. The summed E-state index contributed by atoms with van der Waals surface area (Å²) in [7, 11) is 6.50. The summed E-state index contributed by atoms with van der Waals surface area (Å²) in [6.07, 6.45) is 0. The van der Waals surface area contributed by atoms with Gasteiger partial charge in [-0.05, 0) is 86.1 Å². The maximum Gasteiger partial charge on any atom is 0.114 e. The van der Waals surface area contributed by atoms with Crippen molar-refractivity contribution >= 4 is 13.3 Å². The molecular weight excluding hydrogens is 299 g/mol. The van der Waals surface area contributed by atoms with Crippen molar-refractivity contribution in [3.8, 4) is 22.3 Å². The van der Waals surface area contributed by atoms with Crippen LogP contribution in [-0.4, -0.2) is 7.85 Å². The molecule has 0 amide bonds. The lowest BCUT2D eigenvalue weighted by Gasteiger charge is -2.21. The molecule has 3 aromatic rings. The summed E-state index contributed by atoms with van der Waals surface area (Å²) in [4.78, 5) is 0. The maximum atomic E-state index is 6.50. The van der Waals surface area contributed by atoms with Crippen LogP contribution in [0.1, 0.15) is 33.4 Å². The molecule has 0 aromatic heterocycles. The first-order chi connectivity index (χ1) is 11.8. The van der Waals surface area contributed by atoms with Gasteiger partial charge in [0.2, 0.25) is 0 Å². The molecule has 0 saturated heterocycles. The van der Waals surface area contributed by atoms with Gasteiger partial charge in [0.1, 0.15) is 7.85 Å². The van der Waals surface area contributed by atoms with Crippen LogP contribution < -0.4 is 5.46 Å². The molecule has 0 N–H and O–H groups in total. The Morgan fingerprint density at radius 2 is 1.00 bits per heavy atom. The molecular formula is C24H25B. The summed E-state index contributed by atoms with van der Waals surface area (Å²) in [6.45, 7) is 13.0. The van der Waals surface area contributed by atoms with Crippen molar-refractivity contribution in [2.24, 2.45) is 0 Å². The molecule has 0 aliphatic rings. The van der Waals surface area contributed by atoms with Gasteiger partial charge in [-0.15, -0.1) is 0 Å². The third-order valence-electron chi connectivity index (χ3n) is 4.97. The van der Waals surface area contributed by atoms with E-state index < -0.39 is 0 Å². The van der Waals surface area contributed by atoms with E-state index in [0.717, 1.165) is 11.0 Å². The van der Waals surface area contributed by atoms with Gasteiger partial charge in [0.25, 0.3) is 0 Å². The molecule has 25 heavy (non-hydrogen) atoms. The highest BCUT2D eigenvalue weighted by molar-refractivity contribution is 6.37. The van der Waals surface area contributed by atoms with E-state index >= 15 is 0 Å². The van der Waals surface area contributed by atoms with Gasteiger partial charge in [-0.1, -0.05) is 59.1 Å². The van der Waals surface area contributed by atoms with Crippen molar-refractivity contribution in [2.75, 3.05) is 0 Å².